The van der Waals surface area contributed by atoms with Gasteiger partial charge in [0.1, 0.15) is 0 Å². The maximum atomic E-state index is 5.87. The first-order valence-electron chi connectivity index (χ1n) is 6.63. The second-order valence-corrected chi connectivity index (χ2v) is 5.51. The number of ether oxygens (including phenoxy) is 2. The van der Waals surface area contributed by atoms with Crippen LogP contribution in [0.4, 0.5) is 0 Å². The van der Waals surface area contributed by atoms with Crippen LogP contribution < -0.4 is 0 Å². The summed E-state index contributed by atoms with van der Waals surface area (Å²) in [7, 11) is 0. The van der Waals surface area contributed by atoms with Crippen molar-refractivity contribution in [2.75, 3.05) is 0 Å². The van der Waals surface area contributed by atoms with Crippen molar-refractivity contribution in [3.8, 4) is 0 Å². The third-order valence-electron chi connectivity index (χ3n) is 3.49. The quantitative estimate of drug-likeness (QED) is 0.536. The molecule has 2 nitrogen and oxygen atoms in total. The average molecular weight is 224 g/mol. The topological polar surface area (TPSA) is 18.5 Å². The predicted octanol–water partition coefficient (Wildman–Crippen LogP) is 3.66. The molecule has 0 aromatic carbocycles. The van der Waals surface area contributed by atoms with Crippen molar-refractivity contribution < 1.29 is 9.47 Å². The highest BCUT2D eigenvalue weighted by atomic mass is 16.8. The lowest BCUT2D eigenvalue weighted by Crippen LogP contribution is -2.22. The van der Waals surface area contributed by atoms with Crippen LogP contribution in [0.15, 0.2) is 12.2 Å². The lowest BCUT2D eigenvalue weighted by molar-refractivity contribution is -0.152. The molecule has 16 heavy (non-hydrogen) atoms. The highest BCUT2D eigenvalue weighted by Crippen LogP contribution is 2.41. The van der Waals surface area contributed by atoms with Gasteiger partial charge in [0, 0.05) is 0 Å². The zero-order valence-electron chi connectivity index (χ0n) is 10.7. The molecule has 1 unspecified atom stereocenters. The third kappa shape index (κ3) is 2.86. The number of fused-ring (bicyclic) bond motifs is 1. The molecule has 1 saturated carbocycles. The Kier molecular flexibility index (Phi) is 3.70. The molecule has 0 bridgehead atoms. The summed E-state index contributed by atoms with van der Waals surface area (Å²) in [6.45, 7) is 6.26. The molecule has 0 aromatic rings. The largest absolute Gasteiger partial charge is 0.345 e. The molecule has 2 heteroatoms. The number of hydrogen-bond acceptors (Lipinski definition) is 2. The summed E-state index contributed by atoms with van der Waals surface area (Å²) in [5.74, 6) is 0.314. The van der Waals surface area contributed by atoms with Gasteiger partial charge in [0.25, 0.3) is 0 Å². The Morgan fingerprint density at radius 1 is 1.19 bits per heavy atom. The van der Waals surface area contributed by atoms with Crippen LogP contribution in [0.5, 0.6) is 0 Å². The fraction of sp³-hybridized carbons (Fsp3) is 0.857. The highest BCUT2D eigenvalue weighted by molar-refractivity contribution is 5.00. The molecular formula is C14H24O2. The molecule has 1 aliphatic heterocycles. The molecule has 3 atom stereocenters. The van der Waals surface area contributed by atoms with Gasteiger partial charge < -0.3 is 9.47 Å². The first-order valence-corrected chi connectivity index (χ1v) is 6.63. The van der Waals surface area contributed by atoms with Crippen molar-refractivity contribution >= 4 is 0 Å². The standard InChI is InChI=1S/C14H24O2/c1-4-5-6-7-8-11-9-12-13(10-11)16-14(2,3)15-12/h7-8,11-13H,4-6,9-10H2,1-3H3/b8-7+/t11?,12-,13+. The molecular weight excluding hydrogens is 200 g/mol. The Bertz CT molecular complexity index is 241. The van der Waals surface area contributed by atoms with E-state index in [0.717, 1.165) is 12.8 Å². The van der Waals surface area contributed by atoms with Gasteiger partial charge in [-0.3, -0.25) is 0 Å². The molecule has 1 aliphatic carbocycles. The van der Waals surface area contributed by atoms with Crippen LogP contribution in [-0.2, 0) is 9.47 Å². The minimum Gasteiger partial charge on any atom is -0.345 e. The van der Waals surface area contributed by atoms with Crippen LogP contribution in [0.1, 0.15) is 52.9 Å². The van der Waals surface area contributed by atoms with Gasteiger partial charge >= 0.3 is 0 Å². The second kappa shape index (κ2) is 4.89. The molecule has 92 valence electrons. The summed E-state index contributed by atoms with van der Waals surface area (Å²) >= 11 is 0. The first kappa shape index (κ1) is 12.1. The van der Waals surface area contributed by atoms with E-state index in [9.17, 15) is 0 Å². The van der Waals surface area contributed by atoms with Crippen molar-refractivity contribution in [1.29, 1.82) is 0 Å². The number of allylic oxidation sites excluding steroid dienone is 2. The SMILES string of the molecule is CCCC/C=C/C1C[C@@H]2OC(C)(C)O[C@@H]2C1. The summed E-state index contributed by atoms with van der Waals surface area (Å²) in [6, 6.07) is 0. The van der Waals surface area contributed by atoms with E-state index >= 15 is 0 Å². The van der Waals surface area contributed by atoms with Crippen LogP contribution in [0.25, 0.3) is 0 Å². The minimum atomic E-state index is -0.355. The summed E-state index contributed by atoms with van der Waals surface area (Å²) in [4.78, 5) is 0. The number of rotatable bonds is 4. The Hall–Kier alpha value is -0.340. The van der Waals surface area contributed by atoms with Gasteiger partial charge in [-0.25, -0.2) is 0 Å². The van der Waals surface area contributed by atoms with E-state index in [1.165, 1.54) is 19.3 Å². The molecule has 2 aliphatic rings. The van der Waals surface area contributed by atoms with Crippen LogP contribution in [0, 0.1) is 5.92 Å². The fourth-order valence-corrected chi connectivity index (χ4v) is 2.77. The monoisotopic (exact) mass is 224 g/mol. The van der Waals surface area contributed by atoms with Crippen LogP contribution in [0.2, 0.25) is 0 Å². The van der Waals surface area contributed by atoms with Crippen LogP contribution >= 0.6 is 0 Å². The van der Waals surface area contributed by atoms with Crippen LogP contribution in [-0.4, -0.2) is 18.0 Å². The zero-order valence-corrected chi connectivity index (χ0v) is 10.7. The van der Waals surface area contributed by atoms with E-state index in [4.69, 9.17) is 9.47 Å². The van der Waals surface area contributed by atoms with Crippen molar-refractivity contribution in [2.24, 2.45) is 5.92 Å². The molecule has 0 spiro atoms. The molecule has 0 aromatic heterocycles. The van der Waals surface area contributed by atoms with E-state index in [0.29, 0.717) is 18.1 Å². The lowest BCUT2D eigenvalue weighted by Gasteiger charge is -2.19. The normalized spacial score (nSPS) is 37.1. The van der Waals surface area contributed by atoms with Gasteiger partial charge in [0.15, 0.2) is 5.79 Å². The molecule has 0 N–H and O–H groups in total. The summed E-state index contributed by atoms with van der Waals surface area (Å²) in [6.07, 6.45) is 11.4. The van der Waals surface area contributed by atoms with Crippen LogP contribution in [0.3, 0.4) is 0 Å². The first-order chi connectivity index (χ1) is 7.61. The van der Waals surface area contributed by atoms with Crippen molar-refractivity contribution in [1.82, 2.24) is 0 Å². The van der Waals surface area contributed by atoms with Crippen molar-refractivity contribution in [3.05, 3.63) is 12.2 Å². The van der Waals surface area contributed by atoms with E-state index in [2.05, 4.69) is 19.1 Å². The van der Waals surface area contributed by atoms with Gasteiger partial charge in [-0.15, -0.1) is 0 Å². The molecule has 2 rings (SSSR count). The van der Waals surface area contributed by atoms with Crippen molar-refractivity contribution in [3.63, 3.8) is 0 Å². The Labute approximate surface area is 99.0 Å². The lowest BCUT2D eigenvalue weighted by atomic mass is 10.1. The van der Waals surface area contributed by atoms with Crippen molar-refractivity contribution in [2.45, 2.75) is 70.9 Å². The molecule has 1 heterocycles. The van der Waals surface area contributed by atoms with E-state index in [-0.39, 0.29) is 5.79 Å². The summed E-state index contributed by atoms with van der Waals surface area (Å²) in [5.41, 5.74) is 0. The molecule has 2 fully saturated rings. The Morgan fingerprint density at radius 2 is 1.81 bits per heavy atom. The molecule has 0 radical (unpaired) electrons. The Morgan fingerprint density at radius 3 is 2.38 bits per heavy atom. The van der Waals surface area contributed by atoms with E-state index < -0.39 is 0 Å². The van der Waals surface area contributed by atoms with E-state index in [1.54, 1.807) is 0 Å². The second-order valence-electron chi connectivity index (χ2n) is 5.51. The van der Waals surface area contributed by atoms with E-state index in [1.807, 2.05) is 13.8 Å². The fourth-order valence-electron chi connectivity index (χ4n) is 2.77. The average Bonchev–Trinajstić information content (AvgIpc) is 2.65. The smallest absolute Gasteiger partial charge is 0.163 e. The summed E-state index contributed by atoms with van der Waals surface area (Å²) < 4.78 is 11.7. The predicted molar refractivity (Wildman–Crippen MR) is 65.2 cm³/mol. The highest BCUT2D eigenvalue weighted by Gasteiger charge is 2.46. The molecule has 0 amide bonds. The summed E-state index contributed by atoms with van der Waals surface area (Å²) in [5, 5.41) is 0. The van der Waals surface area contributed by atoms with Gasteiger partial charge in [-0.1, -0.05) is 31.9 Å². The van der Waals surface area contributed by atoms with Gasteiger partial charge in [0.2, 0.25) is 0 Å². The van der Waals surface area contributed by atoms with Gasteiger partial charge in [-0.2, -0.15) is 0 Å². The third-order valence-corrected chi connectivity index (χ3v) is 3.49. The molecule has 1 saturated heterocycles. The number of hydrogen-bond donors (Lipinski definition) is 0. The maximum Gasteiger partial charge on any atom is 0.163 e. The zero-order chi connectivity index (χ0) is 11.6. The Balaban J connectivity index is 1.76. The van der Waals surface area contributed by atoms with Gasteiger partial charge in [-0.05, 0) is 39.0 Å². The maximum absolute atomic E-state index is 5.87. The number of unbranched alkanes of at least 4 members (excludes halogenated alkanes) is 2. The minimum absolute atomic E-state index is 0.329. The van der Waals surface area contributed by atoms with Gasteiger partial charge in [0.05, 0.1) is 12.2 Å².